The van der Waals surface area contributed by atoms with Crippen LogP contribution in [0.2, 0.25) is 0 Å². The number of benzene rings is 1. The van der Waals surface area contributed by atoms with Gasteiger partial charge in [-0.15, -0.1) is 0 Å². The minimum Gasteiger partial charge on any atom is -0.475 e. The lowest BCUT2D eigenvalue weighted by Gasteiger charge is -2.03. The van der Waals surface area contributed by atoms with Crippen LogP contribution < -0.4 is 5.68 Å². The van der Waals surface area contributed by atoms with Crippen molar-refractivity contribution >= 4 is 5.97 Å². The third-order valence-electron chi connectivity index (χ3n) is 2.44. The standard InChI is InChI=1S/C11H12N2O.C2HF3O2/c1-9-8-14-11(12)13(9)7-10-5-3-2-4-6-10;3-2(4,5)1(6)7/h2-6,8,12H,7H2,1H3;(H,6,7). The molecule has 21 heavy (non-hydrogen) atoms. The van der Waals surface area contributed by atoms with Gasteiger partial charge in [0.25, 0.3) is 5.68 Å². The van der Waals surface area contributed by atoms with Crippen molar-refractivity contribution in [3.05, 3.63) is 53.5 Å². The number of oxazole rings is 1. The van der Waals surface area contributed by atoms with Gasteiger partial charge in [0.15, 0.2) is 0 Å². The smallest absolute Gasteiger partial charge is 0.475 e. The van der Waals surface area contributed by atoms with Gasteiger partial charge in [-0.2, -0.15) is 13.2 Å². The lowest BCUT2D eigenvalue weighted by Crippen LogP contribution is -2.21. The summed E-state index contributed by atoms with van der Waals surface area (Å²) in [4.78, 5) is 8.90. The molecule has 0 radical (unpaired) electrons. The number of hydrogen-bond donors (Lipinski definition) is 2. The highest BCUT2D eigenvalue weighted by Gasteiger charge is 2.38. The number of nitrogens with one attached hydrogen (secondary N) is 1. The zero-order valence-electron chi connectivity index (χ0n) is 11.0. The van der Waals surface area contributed by atoms with Gasteiger partial charge < -0.3 is 9.52 Å². The van der Waals surface area contributed by atoms with Crippen LogP contribution in [0.5, 0.6) is 0 Å². The van der Waals surface area contributed by atoms with Crippen LogP contribution in [-0.2, 0) is 11.3 Å². The second kappa shape index (κ2) is 6.78. The average Bonchev–Trinajstić information content (AvgIpc) is 2.71. The van der Waals surface area contributed by atoms with Crippen molar-refractivity contribution in [2.45, 2.75) is 19.6 Å². The molecule has 0 amide bonds. The number of aromatic nitrogens is 1. The van der Waals surface area contributed by atoms with Gasteiger partial charge in [-0.25, -0.2) is 4.79 Å². The van der Waals surface area contributed by atoms with Crippen molar-refractivity contribution in [1.29, 1.82) is 5.41 Å². The van der Waals surface area contributed by atoms with E-state index in [9.17, 15) is 13.2 Å². The zero-order chi connectivity index (χ0) is 16.0. The molecular weight excluding hydrogens is 289 g/mol. The zero-order valence-corrected chi connectivity index (χ0v) is 11.0. The Hall–Kier alpha value is -2.51. The first kappa shape index (κ1) is 16.5. The van der Waals surface area contributed by atoms with Gasteiger partial charge in [-0.05, 0) is 12.5 Å². The van der Waals surface area contributed by atoms with Crippen LogP contribution in [0.25, 0.3) is 0 Å². The molecule has 0 unspecified atom stereocenters. The van der Waals surface area contributed by atoms with Crippen LogP contribution >= 0.6 is 0 Å². The normalized spacial score (nSPS) is 10.7. The van der Waals surface area contributed by atoms with Crippen LogP contribution in [0, 0.1) is 12.3 Å². The maximum atomic E-state index is 10.6. The summed E-state index contributed by atoms with van der Waals surface area (Å²) in [6.45, 7) is 2.63. The van der Waals surface area contributed by atoms with Crippen molar-refractivity contribution in [1.82, 2.24) is 4.57 Å². The van der Waals surface area contributed by atoms with E-state index in [0.29, 0.717) is 6.54 Å². The Balaban J connectivity index is 0.000000270. The van der Waals surface area contributed by atoms with Crippen molar-refractivity contribution in [3.63, 3.8) is 0 Å². The van der Waals surface area contributed by atoms with Gasteiger partial charge in [-0.3, -0.25) is 9.98 Å². The summed E-state index contributed by atoms with van der Waals surface area (Å²) in [5.41, 5.74) is 2.35. The van der Waals surface area contributed by atoms with Gasteiger partial charge in [0, 0.05) is 0 Å². The highest BCUT2D eigenvalue weighted by Crippen LogP contribution is 2.13. The molecule has 0 aliphatic rings. The van der Waals surface area contributed by atoms with Crippen LogP contribution in [0.4, 0.5) is 13.2 Å². The lowest BCUT2D eigenvalue weighted by atomic mass is 10.2. The first-order valence-corrected chi connectivity index (χ1v) is 5.75. The second-order valence-corrected chi connectivity index (χ2v) is 4.06. The SMILES string of the molecule is Cc1coc(=N)n1Cc1ccccc1.O=C(O)C(F)(F)F. The van der Waals surface area contributed by atoms with Gasteiger partial charge in [-0.1, -0.05) is 30.3 Å². The van der Waals surface area contributed by atoms with Crippen LogP contribution in [0.15, 0.2) is 41.0 Å². The molecule has 1 heterocycles. The Kier molecular flexibility index (Phi) is 5.34. The number of aliphatic carboxylic acids is 1. The first-order chi connectivity index (χ1) is 9.71. The molecule has 0 saturated carbocycles. The molecule has 8 heteroatoms. The number of aryl methyl sites for hydroxylation is 1. The van der Waals surface area contributed by atoms with E-state index in [0.717, 1.165) is 5.69 Å². The summed E-state index contributed by atoms with van der Waals surface area (Å²) in [6.07, 6.45) is -3.48. The molecule has 0 spiro atoms. The quantitative estimate of drug-likeness (QED) is 0.894. The summed E-state index contributed by atoms with van der Waals surface area (Å²) in [6, 6.07) is 10.1. The molecule has 0 aliphatic heterocycles. The predicted molar refractivity (Wildman–Crippen MR) is 66.5 cm³/mol. The summed E-state index contributed by atoms with van der Waals surface area (Å²) < 4.78 is 38.6. The van der Waals surface area contributed by atoms with Gasteiger partial charge >= 0.3 is 12.1 Å². The maximum absolute atomic E-state index is 10.6. The van der Waals surface area contributed by atoms with E-state index < -0.39 is 12.1 Å². The molecule has 1 aromatic heterocycles. The number of halogens is 3. The monoisotopic (exact) mass is 302 g/mol. The number of carboxylic acids is 1. The average molecular weight is 302 g/mol. The summed E-state index contributed by atoms with van der Waals surface area (Å²) in [5, 5.41) is 14.7. The molecule has 1 aromatic carbocycles. The number of carbonyl (C=O) groups is 1. The van der Waals surface area contributed by atoms with E-state index in [1.54, 1.807) is 6.26 Å². The Morgan fingerprint density at radius 1 is 1.33 bits per heavy atom. The molecule has 0 saturated heterocycles. The van der Waals surface area contributed by atoms with Crippen molar-refractivity contribution in [2.24, 2.45) is 0 Å². The number of alkyl halides is 3. The Morgan fingerprint density at radius 2 is 1.86 bits per heavy atom. The molecule has 2 aromatic rings. The molecule has 114 valence electrons. The molecule has 0 fully saturated rings. The van der Waals surface area contributed by atoms with E-state index in [4.69, 9.17) is 19.7 Å². The van der Waals surface area contributed by atoms with E-state index in [-0.39, 0.29) is 5.68 Å². The highest BCUT2D eigenvalue weighted by molar-refractivity contribution is 5.73. The van der Waals surface area contributed by atoms with Crippen LogP contribution in [0.3, 0.4) is 0 Å². The second-order valence-electron chi connectivity index (χ2n) is 4.06. The molecule has 0 atom stereocenters. The van der Waals surface area contributed by atoms with Gasteiger partial charge in [0.1, 0.15) is 6.26 Å². The van der Waals surface area contributed by atoms with Gasteiger partial charge in [0.2, 0.25) is 0 Å². The molecular formula is C13H13F3N2O3. The minimum atomic E-state index is -5.08. The predicted octanol–water partition coefficient (Wildman–Crippen LogP) is 2.55. The number of hydrogen-bond acceptors (Lipinski definition) is 3. The third-order valence-corrected chi connectivity index (χ3v) is 2.44. The highest BCUT2D eigenvalue weighted by atomic mass is 19.4. The minimum absolute atomic E-state index is 0.200. The number of carboxylic acid groups (broad SMARTS) is 1. The van der Waals surface area contributed by atoms with E-state index in [1.807, 2.05) is 41.8 Å². The topological polar surface area (TPSA) is 79.2 Å². The summed E-state index contributed by atoms with van der Waals surface area (Å²) >= 11 is 0. The van der Waals surface area contributed by atoms with Crippen molar-refractivity contribution in [3.8, 4) is 0 Å². The molecule has 2 N–H and O–H groups in total. The van der Waals surface area contributed by atoms with Crippen molar-refractivity contribution in [2.75, 3.05) is 0 Å². The number of rotatable bonds is 2. The number of nitrogens with zero attached hydrogens (tertiary/aromatic N) is 1. The lowest BCUT2D eigenvalue weighted by molar-refractivity contribution is -0.192. The fraction of sp³-hybridized carbons (Fsp3) is 0.231. The fourth-order valence-electron chi connectivity index (χ4n) is 1.39. The molecule has 0 aliphatic carbocycles. The summed E-state index contributed by atoms with van der Waals surface area (Å²) in [7, 11) is 0. The van der Waals surface area contributed by atoms with E-state index in [2.05, 4.69) is 0 Å². The Morgan fingerprint density at radius 3 is 2.24 bits per heavy atom. The molecule has 2 rings (SSSR count). The van der Waals surface area contributed by atoms with E-state index in [1.165, 1.54) is 5.56 Å². The largest absolute Gasteiger partial charge is 0.490 e. The maximum Gasteiger partial charge on any atom is 0.490 e. The van der Waals surface area contributed by atoms with Gasteiger partial charge in [0.05, 0.1) is 12.2 Å². The third kappa shape index (κ3) is 5.17. The van der Waals surface area contributed by atoms with Crippen LogP contribution in [0.1, 0.15) is 11.3 Å². The first-order valence-electron chi connectivity index (χ1n) is 5.75. The Labute approximate surface area is 117 Å². The van der Waals surface area contributed by atoms with Crippen LogP contribution in [-0.4, -0.2) is 21.8 Å². The van der Waals surface area contributed by atoms with Crippen molar-refractivity contribution < 1.29 is 27.5 Å². The van der Waals surface area contributed by atoms with E-state index >= 15 is 0 Å². The summed E-state index contributed by atoms with van der Waals surface area (Å²) in [5.74, 6) is -2.76. The Bertz CT molecular complexity index is 645. The molecule has 5 nitrogen and oxygen atoms in total. The fourth-order valence-corrected chi connectivity index (χ4v) is 1.39. The molecule has 0 bridgehead atoms.